The molecule has 2 aliphatic heterocycles. The van der Waals surface area contributed by atoms with Gasteiger partial charge < -0.3 is 29.2 Å². The first-order chi connectivity index (χ1) is 16.1. The van der Waals surface area contributed by atoms with E-state index in [1.165, 1.54) is 20.0 Å². The zero-order chi connectivity index (χ0) is 24.6. The van der Waals surface area contributed by atoms with Crippen LogP contribution in [0, 0.1) is 0 Å². The van der Waals surface area contributed by atoms with Crippen LogP contribution in [0.4, 0.5) is 0 Å². The first-order valence-electron chi connectivity index (χ1n) is 10.5. The van der Waals surface area contributed by atoms with Crippen molar-refractivity contribution in [2.45, 2.75) is 57.7 Å². The molecule has 0 saturated carbocycles. The van der Waals surface area contributed by atoms with E-state index in [1.54, 1.807) is 12.1 Å². The molecule has 0 bridgehead atoms. The summed E-state index contributed by atoms with van der Waals surface area (Å²) in [6.07, 6.45) is -2.94. The number of aliphatic hydroxyl groups excluding tert-OH is 2. The quantitative estimate of drug-likeness (QED) is 0.472. The second kappa shape index (κ2) is 9.14. The highest BCUT2D eigenvalue weighted by Gasteiger charge is 2.58. The van der Waals surface area contributed by atoms with E-state index in [0.717, 1.165) is 10.6 Å². The SMILES string of the molecule is CC(=O)OCc1cc2c(cc1COC(C)=O)[C@@]1(OC2)[C@H](O)CO[C@@H](n2ccc(=O)[nH]c2=O)[C@@H]1O. The van der Waals surface area contributed by atoms with E-state index in [1.807, 2.05) is 0 Å². The number of nitrogens with zero attached hydrogens (tertiary/aromatic N) is 1. The molecular formula is C22H24N2O10. The number of aromatic nitrogens is 2. The number of benzene rings is 1. The van der Waals surface area contributed by atoms with Gasteiger partial charge in [-0.2, -0.15) is 0 Å². The van der Waals surface area contributed by atoms with Gasteiger partial charge in [-0.25, -0.2) is 4.79 Å². The molecule has 1 spiro atoms. The number of aliphatic hydroxyl groups is 2. The Kier molecular flexibility index (Phi) is 6.41. The maximum Gasteiger partial charge on any atom is 0.330 e. The van der Waals surface area contributed by atoms with Gasteiger partial charge in [-0.05, 0) is 34.4 Å². The van der Waals surface area contributed by atoms with Gasteiger partial charge in [0.2, 0.25) is 0 Å². The number of H-pyrrole nitrogens is 1. The van der Waals surface area contributed by atoms with Crippen LogP contribution in [0.15, 0.2) is 34.0 Å². The second-order valence-corrected chi connectivity index (χ2v) is 8.12. The van der Waals surface area contributed by atoms with Crippen LogP contribution in [0.5, 0.6) is 0 Å². The third-order valence-corrected chi connectivity index (χ3v) is 5.93. The van der Waals surface area contributed by atoms with E-state index >= 15 is 0 Å². The third-order valence-electron chi connectivity index (χ3n) is 5.93. The minimum absolute atomic E-state index is 0.0115. The lowest BCUT2D eigenvalue weighted by atomic mass is 9.79. The lowest BCUT2D eigenvalue weighted by Crippen LogP contribution is -2.60. The first-order valence-corrected chi connectivity index (χ1v) is 10.5. The minimum Gasteiger partial charge on any atom is -0.461 e. The topological polar surface area (TPSA) is 166 Å². The smallest absolute Gasteiger partial charge is 0.330 e. The van der Waals surface area contributed by atoms with Crippen LogP contribution >= 0.6 is 0 Å². The normalized spacial score (nSPS) is 25.7. The predicted molar refractivity (Wildman–Crippen MR) is 112 cm³/mol. The fourth-order valence-electron chi connectivity index (χ4n) is 4.32. The lowest BCUT2D eigenvalue weighted by molar-refractivity contribution is -0.280. The standard InChI is InChI=1S/C22H24N2O10/c1-11(25)31-7-13-5-15-9-34-22(16(15)6-14(13)8-32-12(2)26)17(27)10-33-20(19(22)29)24-4-3-18(28)23-21(24)30/h3-6,17,19-20,27,29H,7-10H2,1-2H3,(H,23,28,30)/t17-,19+,20-,22-/m1/s1. The van der Waals surface area contributed by atoms with Crippen LogP contribution in [0.2, 0.25) is 0 Å². The van der Waals surface area contributed by atoms with E-state index < -0.39 is 47.2 Å². The molecule has 2 aliphatic rings. The second-order valence-electron chi connectivity index (χ2n) is 8.12. The molecule has 3 N–H and O–H groups in total. The largest absolute Gasteiger partial charge is 0.461 e. The van der Waals surface area contributed by atoms with Crippen molar-refractivity contribution in [1.82, 2.24) is 9.55 Å². The van der Waals surface area contributed by atoms with Crippen LogP contribution in [-0.2, 0) is 54.0 Å². The predicted octanol–water partition coefficient (Wildman–Crippen LogP) is -0.661. The molecule has 3 heterocycles. The maximum atomic E-state index is 12.3. The summed E-state index contributed by atoms with van der Waals surface area (Å²) >= 11 is 0. The summed E-state index contributed by atoms with van der Waals surface area (Å²) in [7, 11) is 0. The molecule has 1 fully saturated rings. The minimum atomic E-state index is -1.67. The summed E-state index contributed by atoms with van der Waals surface area (Å²) in [4.78, 5) is 48.6. The van der Waals surface area contributed by atoms with Crippen LogP contribution in [-0.4, -0.2) is 50.5 Å². The van der Waals surface area contributed by atoms with Gasteiger partial charge in [-0.15, -0.1) is 0 Å². The summed E-state index contributed by atoms with van der Waals surface area (Å²) in [5.74, 6) is -1.01. The summed E-state index contributed by atoms with van der Waals surface area (Å²) < 4.78 is 22.8. The number of carbonyl (C=O) groups excluding carboxylic acids is 2. The summed E-state index contributed by atoms with van der Waals surface area (Å²) in [6.45, 7) is 2.04. The average Bonchev–Trinajstić information content (AvgIpc) is 3.14. The van der Waals surface area contributed by atoms with Crippen molar-refractivity contribution in [3.05, 3.63) is 67.5 Å². The molecule has 0 amide bonds. The highest BCUT2D eigenvalue weighted by Crippen LogP contribution is 2.48. The van der Waals surface area contributed by atoms with Gasteiger partial charge in [0.25, 0.3) is 5.56 Å². The zero-order valence-electron chi connectivity index (χ0n) is 18.5. The van der Waals surface area contributed by atoms with Gasteiger partial charge in [0, 0.05) is 26.1 Å². The molecule has 2 aromatic rings. The Bertz CT molecular complexity index is 1230. The molecule has 0 radical (unpaired) electrons. The Labute approximate surface area is 192 Å². The molecular weight excluding hydrogens is 452 g/mol. The zero-order valence-corrected chi connectivity index (χ0v) is 18.5. The van der Waals surface area contributed by atoms with Crippen molar-refractivity contribution in [1.29, 1.82) is 0 Å². The number of fused-ring (bicyclic) bond motifs is 2. The van der Waals surface area contributed by atoms with E-state index in [9.17, 15) is 29.4 Å². The van der Waals surface area contributed by atoms with Gasteiger partial charge in [0.1, 0.15) is 25.4 Å². The van der Waals surface area contributed by atoms with E-state index in [0.29, 0.717) is 22.3 Å². The molecule has 4 atom stereocenters. The highest BCUT2D eigenvalue weighted by molar-refractivity contribution is 5.66. The monoisotopic (exact) mass is 476 g/mol. The highest BCUT2D eigenvalue weighted by atomic mass is 16.6. The maximum absolute atomic E-state index is 12.3. The van der Waals surface area contributed by atoms with E-state index in [2.05, 4.69) is 4.98 Å². The van der Waals surface area contributed by atoms with E-state index in [4.69, 9.17) is 18.9 Å². The number of nitrogens with one attached hydrogen (secondary N) is 1. The first kappa shape index (κ1) is 23.8. The van der Waals surface area contributed by atoms with Gasteiger partial charge in [-0.3, -0.25) is 23.9 Å². The Morgan fingerprint density at radius 2 is 1.79 bits per heavy atom. The molecule has 0 unspecified atom stereocenters. The lowest BCUT2D eigenvalue weighted by Gasteiger charge is -2.46. The summed E-state index contributed by atoms with van der Waals surface area (Å²) in [6, 6.07) is 4.42. The molecule has 12 nitrogen and oxygen atoms in total. The average molecular weight is 476 g/mol. The van der Waals surface area contributed by atoms with Crippen LogP contribution < -0.4 is 11.2 Å². The fraction of sp³-hybridized carbons (Fsp3) is 0.455. The van der Waals surface area contributed by atoms with E-state index in [-0.39, 0.29) is 26.4 Å². The number of hydrogen-bond acceptors (Lipinski definition) is 10. The van der Waals surface area contributed by atoms with Crippen molar-refractivity contribution in [2.75, 3.05) is 6.61 Å². The van der Waals surface area contributed by atoms with Gasteiger partial charge in [0.05, 0.1) is 13.2 Å². The van der Waals surface area contributed by atoms with Crippen molar-refractivity contribution >= 4 is 11.9 Å². The summed E-state index contributed by atoms with van der Waals surface area (Å²) in [5.41, 5.74) is -0.983. The van der Waals surface area contributed by atoms with Crippen molar-refractivity contribution in [3.8, 4) is 0 Å². The van der Waals surface area contributed by atoms with Crippen LogP contribution in [0.1, 0.15) is 42.3 Å². The molecule has 1 saturated heterocycles. The van der Waals surface area contributed by atoms with Gasteiger partial charge >= 0.3 is 17.6 Å². The van der Waals surface area contributed by atoms with Crippen molar-refractivity contribution in [3.63, 3.8) is 0 Å². The molecule has 0 aliphatic carbocycles. The fourth-order valence-corrected chi connectivity index (χ4v) is 4.32. The molecule has 182 valence electrons. The Balaban J connectivity index is 1.78. The van der Waals surface area contributed by atoms with Crippen molar-refractivity contribution < 1.29 is 38.7 Å². The number of carbonyl (C=O) groups is 2. The van der Waals surface area contributed by atoms with Crippen LogP contribution in [0.25, 0.3) is 0 Å². The Hall–Kier alpha value is -3.32. The number of hydrogen-bond donors (Lipinski definition) is 3. The molecule has 1 aromatic carbocycles. The molecule has 34 heavy (non-hydrogen) atoms. The molecule has 4 rings (SSSR count). The molecule has 12 heteroatoms. The van der Waals surface area contributed by atoms with Crippen molar-refractivity contribution in [2.24, 2.45) is 0 Å². The number of aromatic amines is 1. The summed E-state index contributed by atoms with van der Waals surface area (Å²) in [5, 5.41) is 22.2. The number of ether oxygens (including phenoxy) is 4. The number of esters is 2. The third kappa shape index (κ3) is 4.16. The Morgan fingerprint density at radius 3 is 2.41 bits per heavy atom. The Morgan fingerprint density at radius 1 is 1.15 bits per heavy atom. The number of rotatable bonds is 5. The van der Waals surface area contributed by atoms with Gasteiger partial charge in [-0.1, -0.05) is 0 Å². The molecule has 1 aromatic heterocycles. The van der Waals surface area contributed by atoms with Gasteiger partial charge in [0.15, 0.2) is 11.8 Å². The van der Waals surface area contributed by atoms with Crippen LogP contribution in [0.3, 0.4) is 0 Å².